The number of aromatic nitrogens is 4. The fraction of sp³-hybridized carbons (Fsp3) is 0.333. The van der Waals surface area contributed by atoms with E-state index in [4.69, 9.17) is 27.9 Å². The average molecular weight is 422 g/mol. The lowest BCUT2D eigenvalue weighted by atomic mass is 9.97. The molecule has 0 radical (unpaired) electrons. The second kappa shape index (κ2) is 6.79. The third-order valence-electron chi connectivity index (χ3n) is 5.14. The van der Waals surface area contributed by atoms with Crippen LogP contribution in [0, 0.1) is 0 Å². The molecule has 0 saturated heterocycles. The summed E-state index contributed by atoms with van der Waals surface area (Å²) in [6, 6.07) is -0.361. The molecule has 10 heteroatoms. The van der Waals surface area contributed by atoms with Crippen molar-refractivity contribution in [2.24, 2.45) is 7.05 Å². The summed E-state index contributed by atoms with van der Waals surface area (Å²) in [7, 11) is 3.07. The van der Waals surface area contributed by atoms with Gasteiger partial charge in [0.25, 0.3) is 11.5 Å². The van der Waals surface area contributed by atoms with Crippen molar-refractivity contribution in [3.8, 4) is 5.75 Å². The molecule has 3 aromatic heterocycles. The largest absolute Gasteiger partial charge is 0.494 e. The van der Waals surface area contributed by atoms with Crippen molar-refractivity contribution in [1.82, 2.24) is 24.4 Å². The molecule has 0 bridgehead atoms. The van der Waals surface area contributed by atoms with E-state index in [1.54, 1.807) is 11.9 Å². The molecule has 28 heavy (non-hydrogen) atoms. The quantitative estimate of drug-likeness (QED) is 0.642. The second-order valence-electron chi connectivity index (χ2n) is 6.61. The summed E-state index contributed by atoms with van der Waals surface area (Å²) in [6.45, 7) is 2.33. The van der Waals surface area contributed by atoms with Gasteiger partial charge in [-0.2, -0.15) is 0 Å². The van der Waals surface area contributed by atoms with Crippen molar-refractivity contribution in [3.63, 3.8) is 0 Å². The van der Waals surface area contributed by atoms with E-state index in [0.29, 0.717) is 29.6 Å². The molecular weight excluding hydrogens is 405 g/mol. The number of H-pyrrole nitrogens is 1. The lowest BCUT2D eigenvalue weighted by Gasteiger charge is -2.33. The van der Waals surface area contributed by atoms with Crippen molar-refractivity contribution >= 4 is 40.0 Å². The third kappa shape index (κ3) is 2.67. The van der Waals surface area contributed by atoms with Gasteiger partial charge >= 0.3 is 0 Å². The van der Waals surface area contributed by atoms with Crippen LogP contribution in [0.4, 0.5) is 0 Å². The van der Waals surface area contributed by atoms with Crippen LogP contribution in [0.5, 0.6) is 5.75 Å². The predicted molar refractivity (Wildman–Crippen MR) is 105 cm³/mol. The Kier molecular flexibility index (Phi) is 4.55. The molecule has 0 unspecified atom stereocenters. The summed E-state index contributed by atoms with van der Waals surface area (Å²) >= 11 is 12.5. The van der Waals surface area contributed by atoms with Crippen molar-refractivity contribution < 1.29 is 9.53 Å². The van der Waals surface area contributed by atoms with E-state index < -0.39 is 0 Å². The monoisotopic (exact) mass is 421 g/mol. The molecule has 1 atom stereocenters. The Hall–Kier alpha value is -2.58. The molecule has 8 nitrogen and oxygen atoms in total. The number of pyridine rings is 1. The van der Waals surface area contributed by atoms with Gasteiger partial charge in [-0.1, -0.05) is 23.2 Å². The minimum absolute atomic E-state index is 0.0740. The molecular formula is C18H17Cl2N5O3. The van der Waals surface area contributed by atoms with Crippen LogP contribution in [0.25, 0.3) is 10.9 Å². The van der Waals surface area contributed by atoms with E-state index in [1.165, 1.54) is 24.1 Å². The average Bonchev–Trinajstić information content (AvgIpc) is 3.11. The van der Waals surface area contributed by atoms with E-state index in [0.717, 1.165) is 11.3 Å². The highest BCUT2D eigenvalue weighted by molar-refractivity contribution is 6.44. The Morgan fingerprint density at radius 3 is 2.64 bits per heavy atom. The summed E-state index contributed by atoms with van der Waals surface area (Å²) in [4.78, 5) is 38.9. The Morgan fingerprint density at radius 1 is 1.32 bits per heavy atom. The van der Waals surface area contributed by atoms with Gasteiger partial charge in [-0.25, -0.2) is 9.97 Å². The van der Waals surface area contributed by atoms with E-state index >= 15 is 0 Å². The Morgan fingerprint density at radius 2 is 2.00 bits per heavy atom. The molecule has 1 N–H and O–H groups in total. The maximum absolute atomic E-state index is 13.0. The number of methoxy groups -OCH3 is 1. The lowest BCUT2D eigenvalue weighted by molar-refractivity contribution is 0.0665. The van der Waals surface area contributed by atoms with Gasteiger partial charge in [0, 0.05) is 31.3 Å². The number of rotatable bonds is 2. The molecule has 0 aromatic carbocycles. The summed E-state index contributed by atoms with van der Waals surface area (Å²) in [5.74, 6) is 0.231. The van der Waals surface area contributed by atoms with Crippen LogP contribution in [0.3, 0.4) is 0 Å². The number of carbonyl (C=O) groups excluding carboxylic acids is 1. The first kappa shape index (κ1) is 18.8. The molecule has 0 aliphatic carbocycles. The van der Waals surface area contributed by atoms with Gasteiger partial charge in [-0.15, -0.1) is 0 Å². The zero-order chi connectivity index (χ0) is 20.2. The molecule has 0 saturated carbocycles. The van der Waals surface area contributed by atoms with Gasteiger partial charge < -0.3 is 19.2 Å². The van der Waals surface area contributed by atoms with Crippen molar-refractivity contribution in [2.75, 3.05) is 13.7 Å². The fourth-order valence-electron chi connectivity index (χ4n) is 3.64. The number of amides is 1. The predicted octanol–water partition coefficient (Wildman–Crippen LogP) is 2.73. The minimum Gasteiger partial charge on any atom is -0.494 e. The molecule has 4 heterocycles. The van der Waals surface area contributed by atoms with Gasteiger partial charge in [0.2, 0.25) is 5.82 Å². The number of ether oxygens (including phenoxy) is 1. The van der Waals surface area contributed by atoms with Crippen molar-refractivity contribution in [1.29, 1.82) is 0 Å². The summed E-state index contributed by atoms with van der Waals surface area (Å²) in [6.07, 6.45) is 3.44. The number of halogens is 2. The maximum atomic E-state index is 13.0. The highest BCUT2D eigenvalue weighted by atomic mass is 35.5. The van der Waals surface area contributed by atoms with Gasteiger partial charge in [-0.05, 0) is 6.92 Å². The van der Waals surface area contributed by atoms with E-state index in [1.807, 2.05) is 6.92 Å². The molecule has 1 aliphatic rings. The van der Waals surface area contributed by atoms with Crippen LogP contribution in [0.1, 0.15) is 34.8 Å². The third-order valence-corrected chi connectivity index (χ3v) is 6.05. The van der Waals surface area contributed by atoms with Crippen molar-refractivity contribution in [2.45, 2.75) is 19.4 Å². The Labute approximate surface area is 170 Å². The molecule has 146 valence electrons. The number of hydrogen-bond donors (Lipinski definition) is 1. The Bertz CT molecular complexity index is 1150. The van der Waals surface area contributed by atoms with Gasteiger partial charge in [0.05, 0.1) is 36.4 Å². The first-order valence-electron chi connectivity index (χ1n) is 8.60. The van der Waals surface area contributed by atoms with Crippen LogP contribution in [-0.2, 0) is 13.5 Å². The number of fused-ring (bicyclic) bond motifs is 3. The van der Waals surface area contributed by atoms with Gasteiger partial charge in [-0.3, -0.25) is 9.59 Å². The van der Waals surface area contributed by atoms with E-state index in [2.05, 4.69) is 15.0 Å². The second-order valence-corrected chi connectivity index (χ2v) is 7.34. The van der Waals surface area contributed by atoms with Crippen molar-refractivity contribution in [3.05, 3.63) is 50.0 Å². The van der Waals surface area contributed by atoms with Gasteiger partial charge in [0.1, 0.15) is 10.2 Å². The molecule has 4 rings (SSSR count). The lowest BCUT2D eigenvalue weighted by Crippen LogP contribution is -2.39. The zero-order valence-electron chi connectivity index (χ0n) is 15.4. The normalized spacial score (nSPS) is 16.3. The molecule has 1 amide bonds. The van der Waals surface area contributed by atoms with Gasteiger partial charge in [0.15, 0.2) is 5.75 Å². The van der Waals surface area contributed by atoms with E-state index in [9.17, 15) is 9.59 Å². The minimum atomic E-state index is -0.361. The standard InChI is InChI=1S/C18H17Cl2N5O3/c1-8-11-10(23-14-12(11)17(26)24(2)15(20)13(14)19)4-5-25(8)18(27)16-21-6-9(28-3)7-22-16/h6-8,23H,4-5H2,1-3H3/t8-/m0/s1. The van der Waals surface area contributed by atoms with Crippen LogP contribution in [-0.4, -0.2) is 44.0 Å². The first-order chi connectivity index (χ1) is 13.3. The highest BCUT2D eigenvalue weighted by Gasteiger charge is 2.34. The molecule has 3 aromatic rings. The SMILES string of the molecule is COc1cnc(C(=O)N2CCc3[nH]c4c(Cl)c(Cl)n(C)c(=O)c4c3[C@@H]2C)nc1. The molecule has 0 fully saturated rings. The number of carbonyl (C=O) groups is 1. The van der Waals surface area contributed by atoms with Crippen LogP contribution in [0.15, 0.2) is 17.2 Å². The molecule has 0 spiro atoms. The van der Waals surface area contributed by atoms with Crippen LogP contribution < -0.4 is 10.3 Å². The number of nitrogens with zero attached hydrogens (tertiary/aromatic N) is 4. The zero-order valence-corrected chi connectivity index (χ0v) is 16.9. The summed E-state index contributed by atoms with van der Waals surface area (Å²) < 4.78 is 6.34. The maximum Gasteiger partial charge on any atom is 0.292 e. The number of hydrogen-bond acceptors (Lipinski definition) is 5. The highest BCUT2D eigenvalue weighted by Crippen LogP contribution is 2.38. The summed E-state index contributed by atoms with van der Waals surface area (Å²) in [5, 5.41) is 0.911. The van der Waals surface area contributed by atoms with Crippen LogP contribution in [0.2, 0.25) is 10.2 Å². The number of aromatic amines is 1. The van der Waals surface area contributed by atoms with Crippen LogP contribution >= 0.6 is 23.2 Å². The summed E-state index contributed by atoms with van der Waals surface area (Å²) in [5.41, 5.74) is 1.87. The Balaban J connectivity index is 1.80. The van der Waals surface area contributed by atoms with E-state index in [-0.39, 0.29) is 33.5 Å². The number of nitrogens with one attached hydrogen (secondary N) is 1. The topological polar surface area (TPSA) is 93.1 Å². The first-order valence-corrected chi connectivity index (χ1v) is 9.36. The molecule has 1 aliphatic heterocycles. The smallest absolute Gasteiger partial charge is 0.292 e. The fourth-order valence-corrected chi connectivity index (χ4v) is 4.08.